The van der Waals surface area contributed by atoms with Gasteiger partial charge < -0.3 is 20.4 Å². The molecule has 0 aliphatic carbocycles. The Morgan fingerprint density at radius 1 is 1.16 bits per heavy atom. The third kappa shape index (κ3) is 2.38. The minimum absolute atomic E-state index is 0.598. The van der Waals surface area contributed by atoms with Crippen molar-refractivity contribution in [3.05, 3.63) is 30.5 Å². The predicted molar refractivity (Wildman–Crippen MR) is 96.4 cm³/mol. The van der Waals surface area contributed by atoms with Gasteiger partial charge in [-0.2, -0.15) is 5.10 Å². The summed E-state index contributed by atoms with van der Waals surface area (Å²) in [7, 11) is 0. The summed E-state index contributed by atoms with van der Waals surface area (Å²) in [4.78, 5) is 14.6. The van der Waals surface area contributed by atoms with Crippen molar-refractivity contribution in [1.82, 2.24) is 25.1 Å². The number of rotatable bonds is 2. The Morgan fingerprint density at radius 3 is 2.92 bits per heavy atom. The first-order valence-electron chi connectivity index (χ1n) is 8.20. The fourth-order valence-corrected chi connectivity index (χ4v) is 3.23. The molecule has 1 fully saturated rings. The molecule has 4 heterocycles. The first-order valence-corrected chi connectivity index (χ1v) is 8.20. The number of ether oxygens (including phenoxy) is 1. The van der Waals surface area contributed by atoms with Crippen molar-refractivity contribution in [2.24, 2.45) is 0 Å². The number of benzene rings is 1. The van der Waals surface area contributed by atoms with Crippen LogP contribution in [0.4, 0.5) is 11.4 Å². The second-order valence-electron chi connectivity index (χ2n) is 6.12. The van der Waals surface area contributed by atoms with Gasteiger partial charge in [0.2, 0.25) is 0 Å². The van der Waals surface area contributed by atoms with E-state index in [9.17, 15) is 0 Å². The Hall–Kier alpha value is -3.13. The quantitative estimate of drug-likeness (QED) is 0.516. The zero-order valence-corrected chi connectivity index (χ0v) is 13.5. The van der Waals surface area contributed by atoms with Crippen LogP contribution in [-0.4, -0.2) is 51.5 Å². The number of nitrogen functional groups attached to an aromatic ring is 1. The van der Waals surface area contributed by atoms with E-state index in [1.165, 1.54) is 5.69 Å². The average molecular weight is 335 g/mol. The van der Waals surface area contributed by atoms with E-state index in [2.05, 4.69) is 42.2 Å². The summed E-state index contributed by atoms with van der Waals surface area (Å²) >= 11 is 0. The SMILES string of the molecule is Nc1cnc2n[nH]c(-c3nc4ccc(N5CCOCC5)cc4[nH]3)c2c1. The van der Waals surface area contributed by atoms with Crippen LogP contribution in [0.15, 0.2) is 30.5 Å². The Balaban J connectivity index is 1.58. The largest absolute Gasteiger partial charge is 0.397 e. The number of nitrogens with one attached hydrogen (secondary N) is 2. The smallest absolute Gasteiger partial charge is 0.181 e. The van der Waals surface area contributed by atoms with Crippen molar-refractivity contribution >= 4 is 33.4 Å². The van der Waals surface area contributed by atoms with Crippen LogP contribution in [0.25, 0.3) is 33.6 Å². The van der Waals surface area contributed by atoms with Gasteiger partial charge in [0.05, 0.1) is 41.5 Å². The maximum Gasteiger partial charge on any atom is 0.181 e. The summed E-state index contributed by atoms with van der Waals surface area (Å²) in [6, 6.07) is 8.12. The van der Waals surface area contributed by atoms with E-state index in [4.69, 9.17) is 10.5 Å². The standard InChI is InChI=1S/C17H17N7O/c18-10-7-12-15(22-23-16(12)19-9-10)17-20-13-2-1-11(8-14(13)21-17)24-3-5-25-6-4-24/h1-2,7-9H,3-6,18H2,(H,20,21)(H,19,22,23). The Kier molecular flexibility index (Phi) is 3.10. The molecule has 0 bridgehead atoms. The zero-order chi connectivity index (χ0) is 16.8. The monoisotopic (exact) mass is 335 g/mol. The molecule has 0 saturated carbocycles. The van der Waals surface area contributed by atoms with E-state index < -0.39 is 0 Å². The molecule has 8 heteroatoms. The number of nitrogens with two attached hydrogens (primary N) is 1. The van der Waals surface area contributed by atoms with Gasteiger partial charge >= 0.3 is 0 Å². The molecule has 0 atom stereocenters. The number of imidazole rings is 1. The number of anilines is 2. The second-order valence-corrected chi connectivity index (χ2v) is 6.12. The second kappa shape index (κ2) is 5.45. The molecule has 1 aromatic carbocycles. The lowest BCUT2D eigenvalue weighted by Gasteiger charge is -2.28. The van der Waals surface area contributed by atoms with Crippen LogP contribution in [-0.2, 0) is 4.74 Å². The van der Waals surface area contributed by atoms with Crippen LogP contribution in [0.3, 0.4) is 0 Å². The lowest BCUT2D eigenvalue weighted by atomic mass is 10.2. The van der Waals surface area contributed by atoms with Gasteiger partial charge in [-0.1, -0.05) is 0 Å². The molecular formula is C17H17N7O. The first-order chi connectivity index (χ1) is 12.3. The number of hydrogen-bond acceptors (Lipinski definition) is 6. The number of H-pyrrole nitrogens is 2. The number of pyridine rings is 1. The fourth-order valence-electron chi connectivity index (χ4n) is 3.23. The van der Waals surface area contributed by atoms with Crippen LogP contribution in [0.1, 0.15) is 0 Å². The number of aromatic nitrogens is 5. The highest BCUT2D eigenvalue weighted by Gasteiger charge is 2.15. The first kappa shape index (κ1) is 14.2. The lowest BCUT2D eigenvalue weighted by molar-refractivity contribution is 0.122. The molecule has 0 radical (unpaired) electrons. The van der Waals surface area contributed by atoms with Crippen molar-refractivity contribution in [3.63, 3.8) is 0 Å². The van der Waals surface area contributed by atoms with Gasteiger partial charge in [-0.3, -0.25) is 5.10 Å². The van der Waals surface area contributed by atoms with Gasteiger partial charge in [0.15, 0.2) is 11.5 Å². The van der Waals surface area contributed by atoms with Gasteiger partial charge in [0.25, 0.3) is 0 Å². The lowest BCUT2D eigenvalue weighted by Crippen LogP contribution is -2.36. The van der Waals surface area contributed by atoms with Crippen molar-refractivity contribution in [3.8, 4) is 11.5 Å². The summed E-state index contributed by atoms with van der Waals surface area (Å²) in [5, 5.41) is 8.09. The van der Waals surface area contributed by atoms with Crippen LogP contribution in [0.2, 0.25) is 0 Å². The summed E-state index contributed by atoms with van der Waals surface area (Å²) in [6.45, 7) is 3.34. The molecule has 5 rings (SSSR count). The summed E-state index contributed by atoms with van der Waals surface area (Å²) in [6.07, 6.45) is 1.60. The van der Waals surface area contributed by atoms with E-state index in [0.717, 1.165) is 54.2 Å². The highest BCUT2D eigenvalue weighted by Crippen LogP contribution is 2.28. The Bertz CT molecular complexity index is 1060. The third-order valence-electron chi connectivity index (χ3n) is 4.51. The van der Waals surface area contributed by atoms with Crippen LogP contribution >= 0.6 is 0 Å². The predicted octanol–water partition coefficient (Wildman–Crippen LogP) is 1.92. The van der Waals surface area contributed by atoms with Crippen molar-refractivity contribution in [1.29, 1.82) is 0 Å². The number of nitrogens with zero attached hydrogens (tertiary/aromatic N) is 4. The molecule has 0 amide bonds. The van der Waals surface area contributed by atoms with E-state index in [0.29, 0.717) is 11.3 Å². The fraction of sp³-hybridized carbons (Fsp3) is 0.235. The summed E-state index contributed by atoms with van der Waals surface area (Å²) in [5.74, 6) is 0.726. The molecule has 3 aromatic heterocycles. The minimum Gasteiger partial charge on any atom is -0.397 e. The molecule has 1 aliphatic heterocycles. The number of morpholine rings is 1. The Labute approximate surface area is 143 Å². The Morgan fingerprint density at radius 2 is 2.04 bits per heavy atom. The highest BCUT2D eigenvalue weighted by molar-refractivity contribution is 5.93. The van der Waals surface area contributed by atoms with E-state index in [1.54, 1.807) is 6.20 Å². The number of hydrogen-bond donors (Lipinski definition) is 3. The molecule has 4 N–H and O–H groups in total. The molecule has 1 aliphatic rings. The van der Waals surface area contributed by atoms with Gasteiger partial charge in [-0.15, -0.1) is 0 Å². The minimum atomic E-state index is 0.598. The van der Waals surface area contributed by atoms with E-state index in [1.807, 2.05) is 12.1 Å². The molecule has 4 aromatic rings. The van der Waals surface area contributed by atoms with E-state index >= 15 is 0 Å². The molecule has 0 spiro atoms. The number of fused-ring (bicyclic) bond motifs is 2. The summed E-state index contributed by atoms with van der Waals surface area (Å²) < 4.78 is 5.42. The topological polar surface area (TPSA) is 109 Å². The maximum atomic E-state index is 5.86. The normalized spacial score (nSPS) is 15.3. The average Bonchev–Trinajstić information content (AvgIpc) is 3.24. The van der Waals surface area contributed by atoms with Crippen molar-refractivity contribution in [2.45, 2.75) is 0 Å². The van der Waals surface area contributed by atoms with Crippen LogP contribution in [0.5, 0.6) is 0 Å². The third-order valence-corrected chi connectivity index (χ3v) is 4.51. The molecule has 126 valence electrons. The molecular weight excluding hydrogens is 318 g/mol. The van der Waals surface area contributed by atoms with Gasteiger partial charge in [-0.25, -0.2) is 9.97 Å². The number of aromatic amines is 2. The van der Waals surface area contributed by atoms with Crippen molar-refractivity contribution in [2.75, 3.05) is 36.9 Å². The molecule has 1 saturated heterocycles. The van der Waals surface area contributed by atoms with Gasteiger partial charge in [0, 0.05) is 18.8 Å². The van der Waals surface area contributed by atoms with Gasteiger partial charge in [0.1, 0.15) is 5.69 Å². The molecule has 8 nitrogen and oxygen atoms in total. The maximum absolute atomic E-state index is 5.86. The highest BCUT2D eigenvalue weighted by atomic mass is 16.5. The molecule has 0 unspecified atom stereocenters. The zero-order valence-electron chi connectivity index (χ0n) is 13.5. The van der Waals surface area contributed by atoms with E-state index in [-0.39, 0.29) is 0 Å². The molecule has 25 heavy (non-hydrogen) atoms. The van der Waals surface area contributed by atoms with Crippen molar-refractivity contribution < 1.29 is 4.74 Å². The van der Waals surface area contributed by atoms with Crippen LogP contribution < -0.4 is 10.6 Å². The van der Waals surface area contributed by atoms with Gasteiger partial charge in [-0.05, 0) is 24.3 Å². The van der Waals surface area contributed by atoms with Crippen LogP contribution in [0, 0.1) is 0 Å². The summed E-state index contributed by atoms with van der Waals surface area (Å²) in [5.41, 5.74) is 10.9.